The second kappa shape index (κ2) is 4.57. The summed E-state index contributed by atoms with van der Waals surface area (Å²) in [4.78, 5) is 0. The van der Waals surface area contributed by atoms with Crippen molar-refractivity contribution in [3.8, 4) is 0 Å². The Kier molecular flexibility index (Phi) is 3.13. The maximum absolute atomic E-state index is 12.8. The first-order valence-electron chi connectivity index (χ1n) is 5.63. The third-order valence-electron chi connectivity index (χ3n) is 2.62. The maximum atomic E-state index is 12.8. The van der Waals surface area contributed by atoms with Crippen molar-refractivity contribution in [1.29, 1.82) is 0 Å². The first kappa shape index (κ1) is 11.6. The van der Waals surface area contributed by atoms with E-state index in [2.05, 4.69) is 18.9 Å². The van der Waals surface area contributed by atoms with Gasteiger partial charge in [-0.05, 0) is 23.6 Å². The van der Waals surface area contributed by atoms with Gasteiger partial charge in [0.05, 0.1) is 17.9 Å². The normalized spacial score (nSPS) is 11.1. The summed E-state index contributed by atoms with van der Waals surface area (Å²) in [6.45, 7) is 4.72. The first-order chi connectivity index (χ1) is 8.06. The van der Waals surface area contributed by atoms with E-state index in [9.17, 15) is 4.39 Å². The maximum Gasteiger partial charge on any atom is 0.123 e. The quantitative estimate of drug-likeness (QED) is 0.885. The molecule has 0 radical (unpaired) electrons. The van der Waals surface area contributed by atoms with Crippen LogP contribution in [0.4, 0.5) is 10.1 Å². The van der Waals surface area contributed by atoms with Crippen molar-refractivity contribution in [1.82, 2.24) is 9.78 Å². The predicted octanol–water partition coefficient (Wildman–Crippen LogP) is 2.78. The standard InChI is InChI=1S/C13H16FN3/c1-9(2)13-12(15)8-17(16-13)7-10-3-5-11(14)6-4-10/h3-6,8-9H,7,15H2,1-2H3. The van der Waals surface area contributed by atoms with Gasteiger partial charge in [-0.1, -0.05) is 26.0 Å². The molecule has 0 aliphatic carbocycles. The van der Waals surface area contributed by atoms with Gasteiger partial charge in [-0.25, -0.2) is 4.39 Å². The zero-order valence-corrected chi connectivity index (χ0v) is 10.0. The van der Waals surface area contributed by atoms with Crippen LogP contribution in [0.25, 0.3) is 0 Å². The van der Waals surface area contributed by atoms with E-state index in [-0.39, 0.29) is 5.82 Å². The van der Waals surface area contributed by atoms with Crippen LogP contribution in [0.1, 0.15) is 31.0 Å². The van der Waals surface area contributed by atoms with E-state index < -0.39 is 0 Å². The molecule has 2 aromatic rings. The van der Waals surface area contributed by atoms with Gasteiger partial charge in [0.25, 0.3) is 0 Å². The third-order valence-corrected chi connectivity index (χ3v) is 2.62. The Labute approximate surface area is 100 Å². The summed E-state index contributed by atoms with van der Waals surface area (Å²) < 4.78 is 14.5. The minimum atomic E-state index is -0.225. The molecule has 90 valence electrons. The highest BCUT2D eigenvalue weighted by molar-refractivity contribution is 5.42. The van der Waals surface area contributed by atoms with Crippen LogP contribution in [0, 0.1) is 5.82 Å². The molecule has 17 heavy (non-hydrogen) atoms. The fraction of sp³-hybridized carbons (Fsp3) is 0.308. The van der Waals surface area contributed by atoms with E-state index in [1.54, 1.807) is 16.8 Å². The molecule has 0 bridgehead atoms. The van der Waals surface area contributed by atoms with Crippen molar-refractivity contribution in [2.75, 3.05) is 5.73 Å². The molecule has 0 atom stereocenters. The van der Waals surface area contributed by atoms with Gasteiger partial charge >= 0.3 is 0 Å². The Morgan fingerprint density at radius 1 is 1.29 bits per heavy atom. The van der Waals surface area contributed by atoms with E-state index in [4.69, 9.17) is 5.73 Å². The van der Waals surface area contributed by atoms with Gasteiger partial charge in [0.2, 0.25) is 0 Å². The van der Waals surface area contributed by atoms with Crippen LogP contribution in [0.3, 0.4) is 0 Å². The second-order valence-corrected chi connectivity index (χ2v) is 4.45. The van der Waals surface area contributed by atoms with Gasteiger partial charge in [0.1, 0.15) is 5.82 Å². The minimum absolute atomic E-state index is 0.225. The topological polar surface area (TPSA) is 43.8 Å². The van der Waals surface area contributed by atoms with Crippen molar-refractivity contribution in [3.05, 3.63) is 47.5 Å². The molecule has 0 saturated heterocycles. The fourth-order valence-corrected chi connectivity index (χ4v) is 1.76. The van der Waals surface area contributed by atoms with Crippen LogP contribution in [0.2, 0.25) is 0 Å². The summed E-state index contributed by atoms with van der Waals surface area (Å²) in [6.07, 6.45) is 1.82. The lowest BCUT2D eigenvalue weighted by molar-refractivity contribution is 0.623. The molecule has 0 spiro atoms. The molecule has 0 saturated carbocycles. The molecular weight excluding hydrogens is 217 g/mol. The zero-order chi connectivity index (χ0) is 12.4. The largest absolute Gasteiger partial charge is 0.396 e. The fourth-order valence-electron chi connectivity index (χ4n) is 1.76. The Balaban J connectivity index is 2.19. The number of hydrogen-bond donors (Lipinski definition) is 1. The van der Waals surface area contributed by atoms with E-state index in [1.807, 2.05) is 6.20 Å². The lowest BCUT2D eigenvalue weighted by Gasteiger charge is -2.02. The van der Waals surface area contributed by atoms with Crippen LogP contribution < -0.4 is 5.73 Å². The number of halogens is 1. The molecule has 4 heteroatoms. The highest BCUT2D eigenvalue weighted by Crippen LogP contribution is 2.19. The van der Waals surface area contributed by atoms with Crippen molar-refractivity contribution in [2.45, 2.75) is 26.3 Å². The summed E-state index contributed by atoms with van der Waals surface area (Å²) in [5.41, 5.74) is 8.50. The molecule has 0 unspecified atom stereocenters. The number of benzene rings is 1. The molecule has 0 amide bonds. The third kappa shape index (κ3) is 2.64. The van der Waals surface area contributed by atoms with Crippen LogP contribution in [0.5, 0.6) is 0 Å². The van der Waals surface area contributed by atoms with E-state index in [0.29, 0.717) is 18.2 Å². The highest BCUT2D eigenvalue weighted by Gasteiger charge is 2.09. The Hall–Kier alpha value is -1.84. The van der Waals surface area contributed by atoms with E-state index in [0.717, 1.165) is 11.3 Å². The van der Waals surface area contributed by atoms with Gasteiger partial charge < -0.3 is 5.73 Å². The summed E-state index contributed by atoms with van der Waals surface area (Å²) >= 11 is 0. The summed E-state index contributed by atoms with van der Waals surface area (Å²) in [5, 5.41) is 4.42. The number of nitrogens with two attached hydrogens (primary N) is 1. The number of rotatable bonds is 3. The Morgan fingerprint density at radius 2 is 1.94 bits per heavy atom. The average Bonchev–Trinajstić information content (AvgIpc) is 2.63. The minimum Gasteiger partial charge on any atom is -0.396 e. The van der Waals surface area contributed by atoms with E-state index >= 15 is 0 Å². The molecular formula is C13H16FN3. The number of anilines is 1. The number of aromatic nitrogens is 2. The van der Waals surface area contributed by atoms with Crippen molar-refractivity contribution >= 4 is 5.69 Å². The molecule has 1 aromatic carbocycles. The Morgan fingerprint density at radius 3 is 2.47 bits per heavy atom. The molecule has 0 aliphatic heterocycles. The van der Waals surface area contributed by atoms with Gasteiger partial charge in [0.15, 0.2) is 0 Å². The van der Waals surface area contributed by atoms with Gasteiger partial charge in [-0.3, -0.25) is 4.68 Å². The molecule has 3 nitrogen and oxygen atoms in total. The zero-order valence-electron chi connectivity index (χ0n) is 10.0. The molecule has 1 heterocycles. The highest BCUT2D eigenvalue weighted by atomic mass is 19.1. The summed E-state index contributed by atoms with van der Waals surface area (Å²) in [6, 6.07) is 6.40. The van der Waals surface area contributed by atoms with Gasteiger partial charge in [-0.2, -0.15) is 5.10 Å². The van der Waals surface area contributed by atoms with Crippen molar-refractivity contribution < 1.29 is 4.39 Å². The summed E-state index contributed by atoms with van der Waals surface area (Å²) in [5.74, 6) is 0.0843. The smallest absolute Gasteiger partial charge is 0.123 e. The van der Waals surface area contributed by atoms with Crippen molar-refractivity contribution in [2.24, 2.45) is 0 Å². The Bertz CT molecular complexity index is 500. The van der Waals surface area contributed by atoms with Crippen LogP contribution in [-0.2, 0) is 6.54 Å². The predicted molar refractivity (Wildman–Crippen MR) is 66.2 cm³/mol. The molecule has 1 aromatic heterocycles. The lowest BCUT2D eigenvalue weighted by atomic mass is 10.1. The lowest BCUT2D eigenvalue weighted by Crippen LogP contribution is -2.01. The second-order valence-electron chi connectivity index (χ2n) is 4.45. The molecule has 2 N–H and O–H groups in total. The number of hydrogen-bond acceptors (Lipinski definition) is 2. The average molecular weight is 233 g/mol. The number of nitrogens with zero attached hydrogens (tertiary/aromatic N) is 2. The molecule has 0 fully saturated rings. The number of nitrogen functional groups attached to an aromatic ring is 1. The van der Waals surface area contributed by atoms with E-state index in [1.165, 1.54) is 12.1 Å². The van der Waals surface area contributed by atoms with Crippen molar-refractivity contribution in [3.63, 3.8) is 0 Å². The van der Waals surface area contributed by atoms with Gasteiger partial charge in [0, 0.05) is 6.20 Å². The van der Waals surface area contributed by atoms with Crippen LogP contribution >= 0.6 is 0 Å². The molecule has 2 rings (SSSR count). The molecule has 0 aliphatic rings. The van der Waals surface area contributed by atoms with Gasteiger partial charge in [-0.15, -0.1) is 0 Å². The summed E-state index contributed by atoms with van der Waals surface area (Å²) in [7, 11) is 0. The first-order valence-corrected chi connectivity index (χ1v) is 5.63. The monoisotopic (exact) mass is 233 g/mol. The van der Waals surface area contributed by atoms with Crippen LogP contribution in [0.15, 0.2) is 30.5 Å². The van der Waals surface area contributed by atoms with Crippen LogP contribution in [-0.4, -0.2) is 9.78 Å². The SMILES string of the molecule is CC(C)c1nn(Cc2ccc(F)cc2)cc1N.